The molecule has 0 aliphatic rings. The van der Waals surface area contributed by atoms with E-state index in [1.54, 1.807) is 7.11 Å². The van der Waals surface area contributed by atoms with Gasteiger partial charge in [0.1, 0.15) is 6.04 Å². The Balaban J connectivity index is 2.80. The van der Waals surface area contributed by atoms with E-state index in [4.69, 9.17) is 9.47 Å². The number of carbonyl (C=O) groups is 1. The van der Waals surface area contributed by atoms with E-state index in [0.29, 0.717) is 6.42 Å². The van der Waals surface area contributed by atoms with Gasteiger partial charge in [-0.1, -0.05) is 19.1 Å². The van der Waals surface area contributed by atoms with Crippen LogP contribution in [0.4, 0.5) is 5.69 Å². The van der Waals surface area contributed by atoms with Crippen LogP contribution in [0.2, 0.25) is 0 Å². The van der Waals surface area contributed by atoms with Crippen molar-refractivity contribution in [3.05, 3.63) is 29.8 Å². The molecule has 0 saturated heterocycles. The van der Waals surface area contributed by atoms with Crippen LogP contribution in [-0.2, 0) is 14.3 Å². The highest BCUT2D eigenvalue weighted by atomic mass is 16.5. The molecule has 0 fully saturated rings. The lowest BCUT2D eigenvalue weighted by Gasteiger charge is -2.17. The molecule has 0 aliphatic carbocycles. The number of rotatable bonds is 6. The summed E-state index contributed by atoms with van der Waals surface area (Å²) < 4.78 is 10.0. The summed E-state index contributed by atoms with van der Waals surface area (Å²) in [6.45, 7) is 3.92. The molecule has 0 radical (unpaired) electrons. The first-order chi connectivity index (χ1) is 8.62. The van der Waals surface area contributed by atoms with Crippen LogP contribution in [0.3, 0.4) is 0 Å². The van der Waals surface area contributed by atoms with Crippen molar-refractivity contribution in [2.75, 3.05) is 19.5 Å². The molecule has 1 rings (SSSR count). The highest BCUT2D eigenvalue weighted by molar-refractivity contribution is 5.79. The summed E-state index contributed by atoms with van der Waals surface area (Å²) in [7, 11) is 3.07. The number of esters is 1. The second-order valence-corrected chi connectivity index (χ2v) is 4.13. The third kappa shape index (κ3) is 3.74. The number of ether oxygens (including phenoxy) is 2. The summed E-state index contributed by atoms with van der Waals surface area (Å²) in [4.78, 5) is 11.5. The number of hydrogen-bond donors (Lipinski definition) is 1. The highest BCUT2D eigenvalue weighted by Crippen LogP contribution is 2.20. The maximum absolute atomic E-state index is 11.5. The van der Waals surface area contributed by atoms with Crippen LogP contribution in [0.25, 0.3) is 0 Å². The van der Waals surface area contributed by atoms with Crippen molar-refractivity contribution >= 4 is 11.7 Å². The van der Waals surface area contributed by atoms with Gasteiger partial charge in [0.25, 0.3) is 0 Å². The zero-order chi connectivity index (χ0) is 13.5. The molecule has 0 heterocycles. The number of benzene rings is 1. The third-order valence-corrected chi connectivity index (χ3v) is 2.94. The molecule has 1 N–H and O–H groups in total. The Bertz CT molecular complexity index is 392. The fourth-order valence-electron chi connectivity index (χ4n) is 1.69. The van der Waals surface area contributed by atoms with Gasteiger partial charge in [0, 0.05) is 12.8 Å². The van der Waals surface area contributed by atoms with E-state index in [2.05, 4.69) is 5.32 Å². The van der Waals surface area contributed by atoms with Gasteiger partial charge < -0.3 is 14.8 Å². The van der Waals surface area contributed by atoms with Crippen molar-refractivity contribution in [2.24, 2.45) is 0 Å². The van der Waals surface area contributed by atoms with Crippen molar-refractivity contribution in [3.8, 4) is 0 Å². The molecule has 100 valence electrons. The second-order valence-electron chi connectivity index (χ2n) is 4.13. The Kier molecular flexibility index (Phi) is 5.65. The fourth-order valence-corrected chi connectivity index (χ4v) is 1.69. The van der Waals surface area contributed by atoms with E-state index in [0.717, 1.165) is 11.3 Å². The van der Waals surface area contributed by atoms with E-state index in [1.807, 2.05) is 38.1 Å². The highest BCUT2D eigenvalue weighted by Gasteiger charge is 2.16. The Morgan fingerprint density at radius 1 is 1.39 bits per heavy atom. The molecule has 0 aliphatic heterocycles. The lowest BCUT2D eigenvalue weighted by molar-refractivity contribution is -0.141. The third-order valence-electron chi connectivity index (χ3n) is 2.94. The summed E-state index contributed by atoms with van der Waals surface area (Å²) in [6.07, 6.45) is 0.710. The minimum Gasteiger partial charge on any atom is -0.467 e. The molecule has 2 atom stereocenters. The van der Waals surface area contributed by atoms with E-state index in [-0.39, 0.29) is 18.1 Å². The molecule has 0 unspecified atom stereocenters. The number of methoxy groups -OCH3 is 2. The smallest absolute Gasteiger partial charge is 0.328 e. The van der Waals surface area contributed by atoms with Crippen molar-refractivity contribution < 1.29 is 14.3 Å². The largest absolute Gasteiger partial charge is 0.467 e. The summed E-state index contributed by atoms with van der Waals surface area (Å²) in [6, 6.07) is 7.54. The number of anilines is 1. The predicted molar refractivity (Wildman–Crippen MR) is 71.6 cm³/mol. The zero-order valence-corrected chi connectivity index (χ0v) is 11.4. The minimum atomic E-state index is -0.317. The summed E-state index contributed by atoms with van der Waals surface area (Å²) in [5, 5.41) is 3.17. The van der Waals surface area contributed by atoms with E-state index in [1.165, 1.54) is 7.11 Å². The van der Waals surface area contributed by atoms with E-state index in [9.17, 15) is 4.79 Å². The maximum Gasteiger partial charge on any atom is 0.328 e. The number of carbonyl (C=O) groups excluding carboxylic acids is 1. The number of hydrogen-bond acceptors (Lipinski definition) is 4. The monoisotopic (exact) mass is 251 g/mol. The summed E-state index contributed by atoms with van der Waals surface area (Å²) in [5.74, 6) is -0.248. The molecule has 0 bridgehead atoms. The molecule has 0 spiro atoms. The lowest BCUT2D eigenvalue weighted by Crippen LogP contribution is -2.29. The molecular formula is C14H21NO3. The molecule has 4 heteroatoms. The molecule has 0 amide bonds. The summed E-state index contributed by atoms with van der Waals surface area (Å²) in [5.41, 5.74) is 1.97. The van der Waals surface area contributed by atoms with Gasteiger partial charge in [-0.05, 0) is 31.0 Å². The van der Waals surface area contributed by atoms with Crippen molar-refractivity contribution in [1.82, 2.24) is 0 Å². The van der Waals surface area contributed by atoms with Crippen LogP contribution in [0.1, 0.15) is 31.9 Å². The van der Waals surface area contributed by atoms with Crippen molar-refractivity contribution in [3.63, 3.8) is 0 Å². The number of nitrogens with one attached hydrogen (secondary N) is 1. The van der Waals surface area contributed by atoms with E-state index < -0.39 is 0 Å². The van der Waals surface area contributed by atoms with Gasteiger partial charge in [0.2, 0.25) is 0 Å². The van der Waals surface area contributed by atoms with Gasteiger partial charge in [-0.3, -0.25) is 0 Å². The average Bonchev–Trinajstić information content (AvgIpc) is 2.43. The van der Waals surface area contributed by atoms with Gasteiger partial charge in [-0.2, -0.15) is 0 Å². The van der Waals surface area contributed by atoms with Gasteiger partial charge in [-0.25, -0.2) is 4.79 Å². The molecule has 0 saturated carbocycles. The molecular weight excluding hydrogens is 230 g/mol. The van der Waals surface area contributed by atoms with Crippen LogP contribution in [0.5, 0.6) is 0 Å². The van der Waals surface area contributed by atoms with Gasteiger partial charge in [0.05, 0.1) is 13.2 Å². The van der Waals surface area contributed by atoms with Crippen molar-refractivity contribution in [2.45, 2.75) is 32.4 Å². The zero-order valence-electron chi connectivity index (χ0n) is 11.4. The molecule has 0 aromatic heterocycles. The van der Waals surface area contributed by atoms with Crippen LogP contribution in [-0.4, -0.2) is 26.2 Å². The van der Waals surface area contributed by atoms with Gasteiger partial charge >= 0.3 is 5.97 Å². The molecule has 1 aromatic carbocycles. The van der Waals surface area contributed by atoms with Gasteiger partial charge in [0.15, 0.2) is 0 Å². The quantitative estimate of drug-likeness (QED) is 0.790. The van der Waals surface area contributed by atoms with Crippen molar-refractivity contribution in [1.29, 1.82) is 0 Å². The Hall–Kier alpha value is -1.55. The van der Waals surface area contributed by atoms with Crippen LogP contribution in [0, 0.1) is 0 Å². The van der Waals surface area contributed by atoms with Gasteiger partial charge in [-0.15, -0.1) is 0 Å². The SMILES string of the molecule is CC[C@@H](Nc1cccc([C@@H](C)OC)c1)C(=O)OC. The average molecular weight is 251 g/mol. The first kappa shape index (κ1) is 14.5. The van der Waals surface area contributed by atoms with Crippen LogP contribution >= 0.6 is 0 Å². The lowest BCUT2D eigenvalue weighted by atomic mass is 10.1. The maximum atomic E-state index is 11.5. The fraction of sp³-hybridized carbons (Fsp3) is 0.500. The van der Waals surface area contributed by atoms with Crippen LogP contribution in [0.15, 0.2) is 24.3 Å². The minimum absolute atomic E-state index is 0.0324. The Labute approximate surface area is 108 Å². The first-order valence-corrected chi connectivity index (χ1v) is 6.09. The van der Waals surface area contributed by atoms with E-state index >= 15 is 0 Å². The second kappa shape index (κ2) is 7.01. The van der Waals surface area contributed by atoms with Crippen LogP contribution < -0.4 is 5.32 Å². The molecule has 18 heavy (non-hydrogen) atoms. The Morgan fingerprint density at radius 3 is 2.67 bits per heavy atom. The summed E-state index contributed by atoms with van der Waals surface area (Å²) >= 11 is 0. The Morgan fingerprint density at radius 2 is 2.11 bits per heavy atom. The normalized spacial score (nSPS) is 13.8. The molecule has 4 nitrogen and oxygen atoms in total. The molecule has 1 aromatic rings. The standard InChI is InChI=1S/C14H21NO3/c1-5-13(14(16)18-4)15-12-8-6-7-11(9-12)10(2)17-3/h6-10,13,15H,5H2,1-4H3/t10-,13-/m1/s1. The topological polar surface area (TPSA) is 47.6 Å². The first-order valence-electron chi connectivity index (χ1n) is 6.09. The predicted octanol–water partition coefficient (Wildman–Crippen LogP) is 2.76.